The molecule has 0 spiro atoms. The van der Waals surface area contributed by atoms with Gasteiger partial charge in [0.2, 0.25) is 0 Å². The van der Waals surface area contributed by atoms with Crippen molar-refractivity contribution in [2.24, 2.45) is 5.92 Å². The molecule has 0 radical (unpaired) electrons. The maximum absolute atomic E-state index is 5.83. The van der Waals surface area contributed by atoms with Crippen molar-refractivity contribution in [3.05, 3.63) is 0 Å². The number of hydrogen-bond donors (Lipinski definition) is 1. The summed E-state index contributed by atoms with van der Waals surface area (Å²) in [7, 11) is 0. The molecule has 1 N–H and O–H groups in total. The highest BCUT2D eigenvalue weighted by molar-refractivity contribution is 4.92. The molecule has 1 heterocycles. The molecule has 1 saturated heterocycles. The zero-order valence-corrected chi connectivity index (χ0v) is 13.7. The van der Waals surface area contributed by atoms with E-state index < -0.39 is 0 Å². The van der Waals surface area contributed by atoms with Gasteiger partial charge in [0.05, 0.1) is 6.10 Å². The van der Waals surface area contributed by atoms with E-state index in [-0.39, 0.29) is 0 Å². The topological polar surface area (TPSA) is 24.5 Å². The third kappa shape index (κ3) is 4.44. The first-order valence-electron chi connectivity index (χ1n) is 8.83. The molecule has 2 rings (SSSR count). The smallest absolute Gasteiger partial charge is 0.0674 e. The van der Waals surface area contributed by atoms with Crippen molar-refractivity contribution >= 4 is 0 Å². The van der Waals surface area contributed by atoms with Crippen molar-refractivity contribution in [1.29, 1.82) is 0 Å². The van der Waals surface area contributed by atoms with Crippen LogP contribution in [0.5, 0.6) is 0 Å². The average molecular weight is 282 g/mol. The van der Waals surface area contributed by atoms with Gasteiger partial charge in [-0.1, -0.05) is 20.3 Å². The van der Waals surface area contributed by atoms with Gasteiger partial charge in [0.25, 0.3) is 0 Å². The van der Waals surface area contributed by atoms with E-state index in [9.17, 15) is 0 Å². The Morgan fingerprint density at radius 3 is 2.85 bits per heavy atom. The van der Waals surface area contributed by atoms with Crippen LogP contribution in [0.15, 0.2) is 0 Å². The SMILES string of the molecule is CCCNC1CCC(CC)CC1N1CCCOC(C)C1. The van der Waals surface area contributed by atoms with E-state index in [1.165, 1.54) is 45.1 Å². The fourth-order valence-corrected chi connectivity index (χ4v) is 3.90. The van der Waals surface area contributed by atoms with Crippen molar-refractivity contribution in [3.63, 3.8) is 0 Å². The van der Waals surface area contributed by atoms with Crippen molar-refractivity contribution < 1.29 is 4.74 Å². The predicted octanol–water partition coefficient (Wildman–Crippen LogP) is 3.04. The Balaban J connectivity index is 2.00. The summed E-state index contributed by atoms with van der Waals surface area (Å²) in [6, 6.07) is 1.42. The van der Waals surface area contributed by atoms with Crippen LogP contribution in [-0.2, 0) is 4.74 Å². The third-order valence-corrected chi connectivity index (χ3v) is 5.11. The Kier molecular flexibility index (Phi) is 6.79. The summed E-state index contributed by atoms with van der Waals surface area (Å²) in [6.45, 7) is 11.3. The summed E-state index contributed by atoms with van der Waals surface area (Å²) in [6.07, 6.45) is 8.31. The van der Waals surface area contributed by atoms with Gasteiger partial charge in [-0.2, -0.15) is 0 Å². The van der Waals surface area contributed by atoms with Crippen LogP contribution >= 0.6 is 0 Å². The number of nitrogens with zero attached hydrogens (tertiary/aromatic N) is 1. The van der Waals surface area contributed by atoms with Gasteiger partial charge in [-0.05, 0) is 51.5 Å². The van der Waals surface area contributed by atoms with E-state index in [4.69, 9.17) is 4.74 Å². The molecule has 0 aromatic heterocycles. The second-order valence-electron chi connectivity index (χ2n) is 6.75. The van der Waals surface area contributed by atoms with Crippen LogP contribution in [-0.4, -0.2) is 49.3 Å². The zero-order valence-electron chi connectivity index (χ0n) is 13.7. The van der Waals surface area contributed by atoms with Crippen LogP contribution in [0.4, 0.5) is 0 Å². The highest BCUT2D eigenvalue weighted by Crippen LogP contribution is 2.31. The van der Waals surface area contributed by atoms with E-state index in [0.717, 1.165) is 31.7 Å². The first-order chi connectivity index (χ1) is 9.74. The molecule has 4 atom stereocenters. The average Bonchev–Trinajstić information content (AvgIpc) is 2.69. The molecule has 2 fully saturated rings. The molecule has 20 heavy (non-hydrogen) atoms. The third-order valence-electron chi connectivity index (χ3n) is 5.11. The van der Waals surface area contributed by atoms with Crippen molar-refractivity contribution in [2.75, 3.05) is 26.2 Å². The lowest BCUT2D eigenvalue weighted by atomic mass is 9.80. The van der Waals surface area contributed by atoms with E-state index in [2.05, 4.69) is 31.0 Å². The first-order valence-corrected chi connectivity index (χ1v) is 8.83. The highest BCUT2D eigenvalue weighted by Gasteiger charge is 2.34. The molecular formula is C17H34N2O. The standard InChI is InChI=1S/C17H34N2O/c1-4-9-18-16-8-7-15(5-2)12-17(16)19-10-6-11-20-14(3)13-19/h14-18H,4-13H2,1-3H3. The van der Waals surface area contributed by atoms with Gasteiger partial charge in [-0.25, -0.2) is 0 Å². The van der Waals surface area contributed by atoms with Gasteiger partial charge in [-0.15, -0.1) is 0 Å². The largest absolute Gasteiger partial charge is 0.377 e. The summed E-state index contributed by atoms with van der Waals surface area (Å²) >= 11 is 0. The molecule has 0 amide bonds. The molecule has 0 aromatic rings. The maximum atomic E-state index is 5.83. The van der Waals surface area contributed by atoms with E-state index in [1.807, 2.05) is 0 Å². The van der Waals surface area contributed by atoms with E-state index >= 15 is 0 Å². The van der Waals surface area contributed by atoms with Crippen molar-refractivity contribution in [2.45, 2.75) is 77.5 Å². The predicted molar refractivity (Wildman–Crippen MR) is 85.1 cm³/mol. The Bertz CT molecular complexity index is 272. The Morgan fingerprint density at radius 1 is 1.25 bits per heavy atom. The Morgan fingerprint density at radius 2 is 2.10 bits per heavy atom. The van der Waals surface area contributed by atoms with Gasteiger partial charge in [0.1, 0.15) is 0 Å². The van der Waals surface area contributed by atoms with Gasteiger partial charge in [-0.3, -0.25) is 4.90 Å². The fourth-order valence-electron chi connectivity index (χ4n) is 3.90. The zero-order chi connectivity index (χ0) is 14.4. The highest BCUT2D eigenvalue weighted by atomic mass is 16.5. The summed E-state index contributed by atoms with van der Waals surface area (Å²) in [5, 5.41) is 3.82. The van der Waals surface area contributed by atoms with Crippen molar-refractivity contribution in [3.8, 4) is 0 Å². The Labute approximate surface area is 125 Å². The summed E-state index contributed by atoms with van der Waals surface area (Å²) in [5.41, 5.74) is 0. The minimum atomic E-state index is 0.395. The molecule has 0 aromatic carbocycles. The van der Waals surface area contributed by atoms with Crippen LogP contribution in [0.3, 0.4) is 0 Å². The van der Waals surface area contributed by atoms with Crippen LogP contribution in [0.1, 0.15) is 59.3 Å². The molecule has 2 aliphatic rings. The Hall–Kier alpha value is -0.120. The number of ether oxygens (including phenoxy) is 1. The second-order valence-corrected chi connectivity index (χ2v) is 6.75. The quantitative estimate of drug-likeness (QED) is 0.839. The molecule has 3 heteroatoms. The molecule has 118 valence electrons. The molecule has 1 saturated carbocycles. The van der Waals surface area contributed by atoms with Crippen LogP contribution in [0, 0.1) is 5.92 Å². The summed E-state index contributed by atoms with van der Waals surface area (Å²) in [5.74, 6) is 0.930. The number of rotatable bonds is 5. The van der Waals surface area contributed by atoms with Gasteiger partial charge >= 0.3 is 0 Å². The lowest BCUT2D eigenvalue weighted by Crippen LogP contribution is -2.54. The monoisotopic (exact) mass is 282 g/mol. The van der Waals surface area contributed by atoms with Crippen LogP contribution in [0.2, 0.25) is 0 Å². The molecule has 4 unspecified atom stereocenters. The second kappa shape index (κ2) is 8.35. The normalized spacial score (nSPS) is 36.8. The van der Waals surface area contributed by atoms with Crippen LogP contribution in [0.25, 0.3) is 0 Å². The summed E-state index contributed by atoms with van der Waals surface area (Å²) < 4.78 is 5.83. The lowest BCUT2D eigenvalue weighted by molar-refractivity contribution is 0.0437. The van der Waals surface area contributed by atoms with Crippen molar-refractivity contribution in [1.82, 2.24) is 10.2 Å². The van der Waals surface area contributed by atoms with E-state index in [1.54, 1.807) is 0 Å². The van der Waals surface area contributed by atoms with E-state index in [0.29, 0.717) is 12.1 Å². The maximum Gasteiger partial charge on any atom is 0.0674 e. The molecule has 0 bridgehead atoms. The number of nitrogens with one attached hydrogen (secondary N) is 1. The molecule has 1 aliphatic carbocycles. The molecule has 1 aliphatic heterocycles. The van der Waals surface area contributed by atoms with Gasteiger partial charge in [0.15, 0.2) is 0 Å². The fraction of sp³-hybridized carbons (Fsp3) is 1.00. The van der Waals surface area contributed by atoms with Gasteiger partial charge in [0, 0.05) is 31.8 Å². The molecule has 3 nitrogen and oxygen atoms in total. The number of hydrogen-bond acceptors (Lipinski definition) is 3. The van der Waals surface area contributed by atoms with Crippen LogP contribution < -0.4 is 5.32 Å². The minimum Gasteiger partial charge on any atom is -0.377 e. The van der Waals surface area contributed by atoms with Gasteiger partial charge < -0.3 is 10.1 Å². The molecular weight excluding hydrogens is 248 g/mol. The first kappa shape index (κ1) is 16.3. The minimum absolute atomic E-state index is 0.395. The lowest BCUT2D eigenvalue weighted by Gasteiger charge is -2.43. The summed E-state index contributed by atoms with van der Waals surface area (Å²) in [4.78, 5) is 2.73.